The molecule has 0 saturated heterocycles. The smallest absolute Gasteiger partial charge is 0.263 e. The van der Waals surface area contributed by atoms with E-state index in [0.29, 0.717) is 5.56 Å². The molecule has 0 aliphatic rings. The lowest BCUT2D eigenvalue weighted by Gasteiger charge is -2.10. The van der Waals surface area contributed by atoms with Gasteiger partial charge in [-0.15, -0.1) is 0 Å². The van der Waals surface area contributed by atoms with Crippen molar-refractivity contribution < 1.29 is 12.8 Å². The van der Waals surface area contributed by atoms with Crippen LogP contribution >= 0.6 is 11.6 Å². The van der Waals surface area contributed by atoms with Crippen LogP contribution < -0.4 is 4.72 Å². The Bertz CT molecular complexity index is 830. The summed E-state index contributed by atoms with van der Waals surface area (Å²) >= 11 is 5.78. The number of hydrogen-bond acceptors (Lipinski definition) is 4. The van der Waals surface area contributed by atoms with E-state index in [2.05, 4.69) is 9.71 Å². The average Bonchev–Trinajstić information content (AvgIpc) is 2.43. The summed E-state index contributed by atoms with van der Waals surface area (Å²) in [4.78, 5) is 3.56. The van der Waals surface area contributed by atoms with Gasteiger partial charge in [-0.05, 0) is 36.8 Å². The Labute approximate surface area is 126 Å². The molecule has 0 atom stereocenters. The van der Waals surface area contributed by atoms with Crippen LogP contribution in [0, 0.1) is 24.1 Å². The van der Waals surface area contributed by atoms with Gasteiger partial charge in [0, 0.05) is 6.20 Å². The molecule has 0 aliphatic carbocycles. The summed E-state index contributed by atoms with van der Waals surface area (Å²) in [5, 5.41) is 8.43. The van der Waals surface area contributed by atoms with Crippen molar-refractivity contribution in [2.75, 3.05) is 4.72 Å². The SMILES string of the molecule is Cc1cc(S(=O)(=O)Nc2ccc(C#N)cn2)c(Cl)cc1F. The van der Waals surface area contributed by atoms with Crippen LogP contribution in [0.2, 0.25) is 5.02 Å². The van der Waals surface area contributed by atoms with E-state index in [1.807, 2.05) is 6.07 Å². The first-order valence-electron chi connectivity index (χ1n) is 5.68. The van der Waals surface area contributed by atoms with Crippen molar-refractivity contribution in [2.24, 2.45) is 0 Å². The topological polar surface area (TPSA) is 82.9 Å². The highest BCUT2D eigenvalue weighted by Gasteiger charge is 2.20. The van der Waals surface area contributed by atoms with Crippen molar-refractivity contribution in [3.8, 4) is 6.07 Å². The summed E-state index contributed by atoms with van der Waals surface area (Å²) in [5.74, 6) is -0.553. The van der Waals surface area contributed by atoms with Crippen LogP contribution in [0.1, 0.15) is 11.1 Å². The number of nitrogens with one attached hydrogen (secondary N) is 1. The lowest BCUT2D eigenvalue weighted by Crippen LogP contribution is -2.15. The second-order valence-corrected chi connectivity index (χ2v) is 6.24. The van der Waals surface area contributed by atoms with E-state index in [1.165, 1.54) is 25.3 Å². The normalized spacial score (nSPS) is 11.0. The van der Waals surface area contributed by atoms with E-state index in [0.717, 1.165) is 12.1 Å². The molecule has 2 aromatic rings. The Morgan fingerprint density at radius 2 is 2.10 bits per heavy atom. The Balaban J connectivity index is 2.38. The van der Waals surface area contributed by atoms with Crippen LogP contribution in [0.3, 0.4) is 0 Å². The molecular weight excluding hydrogens is 317 g/mol. The highest BCUT2D eigenvalue weighted by molar-refractivity contribution is 7.92. The fourth-order valence-corrected chi connectivity index (χ4v) is 3.16. The van der Waals surface area contributed by atoms with Crippen molar-refractivity contribution in [1.82, 2.24) is 4.98 Å². The summed E-state index contributed by atoms with van der Waals surface area (Å²) in [6, 6.07) is 6.72. The molecule has 1 N–H and O–H groups in total. The predicted molar refractivity (Wildman–Crippen MR) is 75.9 cm³/mol. The average molecular weight is 326 g/mol. The van der Waals surface area contributed by atoms with E-state index < -0.39 is 15.8 Å². The van der Waals surface area contributed by atoms with Gasteiger partial charge in [0.2, 0.25) is 0 Å². The summed E-state index contributed by atoms with van der Waals surface area (Å²) in [6.07, 6.45) is 1.23. The van der Waals surface area contributed by atoms with Gasteiger partial charge in [-0.2, -0.15) is 5.26 Å². The van der Waals surface area contributed by atoms with Gasteiger partial charge in [-0.3, -0.25) is 4.72 Å². The Morgan fingerprint density at radius 1 is 1.38 bits per heavy atom. The number of pyridine rings is 1. The second kappa shape index (κ2) is 5.68. The van der Waals surface area contributed by atoms with E-state index >= 15 is 0 Å². The molecule has 1 aromatic carbocycles. The summed E-state index contributed by atoms with van der Waals surface area (Å²) in [5.41, 5.74) is 0.459. The maximum atomic E-state index is 13.3. The van der Waals surface area contributed by atoms with Gasteiger partial charge in [0.15, 0.2) is 0 Å². The fourth-order valence-electron chi connectivity index (χ4n) is 1.55. The van der Waals surface area contributed by atoms with E-state index in [1.54, 1.807) is 0 Å². The zero-order chi connectivity index (χ0) is 15.6. The molecule has 8 heteroatoms. The molecule has 108 valence electrons. The van der Waals surface area contributed by atoms with Gasteiger partial charge in [0.05, 0.1) is 10.6 Å². The monoisotopic (exact) mass is 325 g/mol. The van der Waals surface area contributed by atoms with Crippen LogP contribution in [0.25, 0.3) is 0 Å². The molecule has 0 saturated carbocycles. The summed E-state index contributed by atoms with van der Waals surface area (Å²) < 4.78 is 40.0. The number of benzene rings is 1. The van der Waals surface area contributed by atoms with Gasteiger partial charge < -0.3 is 0 Å². The fraction of sp³-hybridized carbons (Fsp3) is 0.0769. The van der Waals surface area contributed by atoms with Crippen molar-refractivity contribution in [2.45, 2.75) is 11.8 Å². The highest BCUT2D eigenvalue weighted by atomic mass is 35.5. The highest BCUT2D eigenvalue weighted by Crippen LogP contribution is 2.26. The predicted octanol–water partition coefficient (Wildman–Crippen LogP) is 2.86. The molecule has 0 fully saturated rings. The number of sulfonamides is 1. The van der Waals surface area contributed by atoms with Gasteiger partial charge in [-0.25, -0.2) is 17.8 Å². The number of halogens is 2. The van der Waals surface area contributed by atoms with Crippen LogP contribution in [0.5, 0.6) is 0 Å². The number of anilines is 1. The number of aryl methyl sites for hydroxylation is 1. The maximum absolute atomic E-state index is 13.3. The molecule has 0 radical (unpaired) electrons. The van der Waals surface area contributed by atoms with Crippen molar-refractivity contribution in [3.05, 3.63) is 52.4 Å². The summed E-state index contributed by atoms with van der Waals surface area (Å²) in [6.45, 7) is 1.44. The molecule has 2 rings (SSSR count). The van der Waals surface area contributed by atoms with E-state index in [4.69, 9.17) is 16.9 Å². The van der Waals surface area contributed by atoms with Crippen molar-refractivity contribution >= 4 is 27.4 Å². The molecule has 0 spiro atoms. The lowest BCUT2D eigenvalue weighted by molar-refractivity contribution is 0.598. The zero-order valence-corrected chi connectivity index (χ0v) is 12.3. The maximum Gasteiger partial charge on any atom is 0.264 e. The first-order chi connectivity index (χ1) is 9.83. The molecule has 0 amide bonds. The largest absolute Gasteiger partial charge is 0.264 e. The van der Waals surface area contributed by atoms with Crippen LogP contribution in [0.4, 0.5) is 10.2 Å². The number of nitrogens with zero attached hydrogens (tertiary/aromatic N) is 2. The third-order valence-corrected chi connectivity index (χ3v) is 4.45. The van der Waals surface area contributed by atoms with E-state index in [-0.39, 0.29) is 21.3 Å². The van der Waals surface area contributed by atoms with Crippen LogP contribution in [0.15, 0.2) is 35.4 Å². The number of aromatic nitrogens is 1. The molecule has 0 bridgehead atoms. The first kappa shape index (κ1) is 15.2. The van der Waals surface area contributed by atoms with Gasteiger partial charge in [-0.1, -0.05) is 11.6 Å². The van der Waals surface area contributed by atoms with Gasteiger partial charge in [0.25, 0.3) is 10.0 Å². The molecule has 21 heavy (non-hydrogen) atoms. The second-order valence-electron chi connectivity index (χ2n) is 4.18. The van der Waals surface area contributed by atoms with Crippen molar-refractivity contribution in [3.63, 3.8) is 0 Å². The standard InChI is InChI=1S/C13H9ClFN3O2S/c1-8-4-12(10(14)5-11(8)15)21(19,20)18-13-3-2-9(6-16)7-17-13/h2-5,7H,1H3,(H,17,18). The minimum atomic E-state index is -4.00. The quantitative estimate of drug-likeness (QED) is 0.940. The number of rotatable bonds is 3. The number of hydrogen-bond donors (Lipinski definition) is 1. The van der Waals surface area contributed by atoms with Gasteiger partial charge in [0.1, 0.15) is 22.6 Å². The molecule has 0 aliphatic heterocycles. The third kappa shape index (κ3) is 3.29. The Kier molecular flexibility index (Phi) is 4.11. The molecule has 1 aromatic heterocycles. The minimum Gasteiger partial charge on any atom is -0.263 e. The van der Waals surface area contributed by atoms with E-state index in [9.17, 15) is 12.8 Å². The van der Waals surface area contributed by atoms with Crippen LogP contribution in [-0.2, 0) is 10.0 Å². The van der Waals surface area contributed by atoms with Gasteiger partial charge >= 0.3 is 0 Å². The molecular formula is C13H9ClFN3O2S. The minimum absolute atomic E-state index is 0.0343. The first-order valence-corrected chi connectivity index (χ1v) is 7.54. The lowest BCUT2D eigenvalue weighted by atomic mass is 10.2. The Hall–Kier alpha value is -2.17. The number of nitriles is 1. The molecule has 5 nitrogen and oxygen atoms in total. The van der Waals surface area contributed by atoms with Crippen LogP contribution in [-0.4, -0.2) is 13.4 Å². The molecule has 1 heterocycles. The molecule has 0 unspecified atom stereocenters. The zero-order valence-electron chi connectivity index (χ0n) is 10.8. The summed E-state index contributed by atoms with van der Waals surface area (Å²) in [7, 11) is -4.00. The van der Waals surface area contributed by atoms with Crippen molar-refractivity contribution in [1.29, 1.82) is 5.26 Å². The Morgan fingerprint density at radius 3 is 2.67 bits per heavy atom. The third-order valence-electron chi connectivity index (χ3n) is 2.63.